The zero-order valence-electron chi connectivity index (χ0n) is 28.8. The van der Waals surface area contributed by atoms with Crippen LogP contribution in [0.3, 0.4) is 0 Å². The summed E-state index contributed by atoms with van der Waals surface area (Å²) in [6.45, 7) is 14.6. The van der Waals surface area contributed by atoms with Gasteiger partial charge in [-0.25, -0.2) is 0 Å². The number of nitrogens with zero attached hydrogens (tertiary/aromatic N) is 2. The Balaban J connectivity index is 1.36. The number of hydrogen-bond donors (Lipinski definition) is 0. The SMILES string of the molecule is CC(C)c1cccc(N2c3cc(C(C)C)ccc3B3c4ccccc4-c4cc(N5c6ccccc6C6(C)CCCCC56C)cc2c43)c1. The Hall–Kier alpha value is -4.24. The van der Waals surface area contributed by atoms with Crippen molar-refractivity contribution in [3.63, 3.8) is 0 Å². The van der Waals surface area contributed by atoms with Gasteiger partial charge in [-0.3, -0.25) is 0 Å². The van der Waals surface area contributed by atoms with Crippen molar-refractivity contribution in [1.29, 1.82) is 0 Å². The summed E-state index contributed by atoms with van der Waals surface area (Å²) in [5, 5.41) is 0. The average molecular weight is 613 g/mol. The van der Waals surface area contributed by atoms with Gasteiger partial charge < -0.3 is 9.80 Å². The molecule has 2 nitrogen and oxygen atoms in total. The third kappa shape index (κ3) is 3.86. The molecule has 3 heteroatoms. The van der Waals surface area contributed by atoms with E-state index in [0.717, 1.165) is 0 Å². The fourth-order valence-electron chi connectivity index (χ4n) is 9.83. The molecule has 0 saturated heterocycles. The van der Waals surface area contributed by atoms with Crippen LogP contribution in [0.25, 0.3) is 11.1 Å². The maximum absolute atomic E-state index is 2.76. The highest BCUT2D eigenvalue weighted by molar-refractivity contribution is 7.01. The molecule has 1 aliphatic carbocycles. The summed E-state index contributed by atoms with van der Waals surface area (Å²) < 4.78 is 0. The molecule has 3 aliphatic heterocycles. The molecule has 5 aromatic carbocycles. The molecule has 1 saturated carbocycles. The summed E-state index contributed by atoms with van der Waals surface area (Å²) in [6, 6.07) is 40.2. The van der Waals surface area contributed by atoms with Crippen LogP contribution in [0.5, 0.6) is 0 Å². The predicted octanol–water partition coefficient (Wildman–Crippen LogP) is 9.96. The first-order valence-corrected chi connectivity index (χ1v) is 17.9. The summed E-state index contributed by atoms with van der Waals surface area (Å²) >= 11 is 0. The molecule has 0 amide bonds. The van der Waals surface area contributed by atoms with Gasteiger partial charge in [0, 0.05) is 33.9 Å². The van der Waals surface area contributed by atoms with Crippen molar-refractivity contribution >= 4 is 51.5 Å². The lowest BCUT2D eigenvalue weighted by Gasteiger charge is -2.50. The van der Waals surface area contributed by atoms with E-state index in [1.165, 1.54) is 98.3 Å². The van der Waals surface area contributed by atoms with Crippen molar-refractivity contribution in [2.75, 3.05) is 9.80 Å². The second-order valence-electron chi connectivity index (χ2n) is 15.7. The normalized spacial score (nSPS) is 21.9. The quantitative estimate of drug-likeness (QED) is 0.183. The van der Waals surface area contributed by atoms with Crippen molar-refractivity contribution in [3.8, 4) is 11.1 Å². The van der Waals surface area contributed by atoms with Crippen molar-refractivity contribution in [2.45, 2.75) is 90.0 Å². The summed E-state index contributed by atoms with van der Waals surface area (Å²) in [4.78, 5) is 5.37. The summed E-state index contributed by atoms with van der Waals surface area (Å²) in [5.41, 5.74) is 18.1. The second-order valence-corrected chi connectivity index (χ2v) is 15.7. The van der Waals surface area contributed by atoms with E-state index in [9.17, 15) is 0 Å². The lowest BCUT2D eigenvalue weighted by molar-refractivity contribution is 0.195. The third-order valence-electron chi connectivity index (χ3n) is 12.6. The Labute approximate surface area is 281 Å². The Kier molecular flexibility index (Phi) is 6.24. The molecule has 4 aliphatic rings. The predicted molar refractivity (Wildman–Crippen MR) is 202 cm³/mol. The van der Waals surface area contributed by atoms with Crippen LogP contribution in [0.1, 0.15) is 95.8 Å². The number of fused-ring (bicyclic) bond motifs is 8. The summed E-state index contributed by atoms with van der Waals surface area (Å²) in [7, 11) is 0. The first-order valence-electron chi connectivity index (χ1n) is 17.9. The van der Waals surface area contributed by atoms with Crippen LogP contribution in [0.2, 0.25) is 0 Å². The highest BCUT2D eigenvalue weighted by Gasteiger charge is 2.58. The Morgan fingerprint density at radius 3 is 2.17 bits per heavy atom. The molecule has 5 aromatic rings. The van der Waals surface area contributed by atoms with Crippen LogP contribution in [-0.2, 0) is 5.41 Å². The van der Waals surface area contributed by atoms with Crippen LogP contribution >= 0.6 is 0 Å². The van der Waals surface area contributed by atoms with E-state index in [1.54, 1.807) is 0 Å². The Morgan fingerprint density at radius 2 is 1.34 bits per heavy atom. The summed E-state index contributed by atoms with van der Waals surface area (Å²) in [6.07, 6.45) is 5.01. The smallest absolute Gasteiger partial charge is 0.248 e. The van der Waals surface area contributed by atoms with Gasteiger partial charge in [-0.1, -0.05) is 120 Å². The molecule has 0 spiro atoms. The van der Waals surface area contributed by atoms with Gasteiger partial charge in [-0.2, -0.15) is 0 Å². The van der Waals surface area contributed by atoms with Crippen molar-refractivity contribution in [3.05, 3.63) is 120 Å². The van der Waals surface area contributed by atoms with E-state index in [-0.39, 0.29) is 17.7 Å². The summed E-state index contributed by atoms with van der Waals surface area (Å²) in [5.74, 6) is 0.911. The van der Waals surface area contributed by atoms with Gasteiger partial charge in [0.05, 0.1) is 5.54 Å². The largest absolute Gasteiger partial charge is 0.334 e. The van der Waals surface area contributed by atoms with Crippen LogP contribution < -0.4 is 26.2 Å². The molecular formula is C44H45BN2. The van der Waals surface area contributed by atoms with Crippen LogP contribution in [0.15, 0.2) is 103 Å². The molecule has 2 unspecified atom stereocenters. The lowest BCUT2D eigenvalue weighted by Crippen LogP contribution is -2.55. The molecule has 1 fully saturated rings. The van der Waals surface area contributed by atoms with Crippen LogP contribution in [-0.4, -0.2) is 12.3 Å². The Bertz CT molecular complexity index is 2080. The zero-order chi connectivity index (χ0) is 32.2. The number of rotatable bonds is 4. The molecule has 234 valence electrons. The highest BCUT2D eigenvalue weighted by Crippen LogP contribution is 2.61. The highest BCUT2D eigenvalue weighted by atomic mass is 15.3. The molecule has 0 N–H and O–H groups in total. The van der Waals surface area contributed by atoms with E-state index in [4.69, 9.17) is 0 Å². The molecule has 0 aromatic heterocycles. The molecule has 47 heavy (non-hydrogen) atoms. The average Bonchev–Trinajstić information content (AvgIpc) is 3.52. The molecule has 2 atom stereocenters. The minimum Gasteiger partial charge on any atom is -0.334 e. The Morgan fingerprint density at radius 1 is 0.596 bits per heavy atom. The number of anilines is 5. The van der Waals surface area contributed by atoms with E-state index < -0.39 is 0 Å². The topological polar surface area (TPSA) is 6.48 Å². The maximum Gasteiger partial charge on any atom is 0.248 e. The van der Waals surface area contributed by atoms with Crippen LogP contribution in [0, 0.1) is 0 Å². The second kappa shape index (κ2) is 10.1. The monoisotopic (exact) mass is 612 g/mol. The first-order chi connectivity index (χ1) is 22.7. The number of hydrogen-bond acceptors (Lipinski definition) is 2. The van der Waals surface area contributed by atoms with Crippen LogP contribution in [0.4, 0.5) is 28.4 Å². The standard InChI is InChI=1S/C44H45BN2/c1-28(2)30-14-13-15-32(24-30)46-40-25-31(29(3)4)20-21-38(40)45-37-18-9-7-16-34(37)35-26-33(27-41(46)42(35)45)47-39-19-10-8-17-36(39)43(5)22-11-12-23-44(43,47)6/h7-10,13-21,24-29H,11-12,22-23H2,1-6H3. The van der Waals surface area contributed by atoms with E-state index in [1.807, 2.05) is 0 Å². The van der Waals surface area contributed by atoms with E-state index in [0.29, 0.717) is 11.8 Å². The third-order valence-corrected chi connectivity index (χ3v) is 12.6. The molecule has 9 rings (SSSR count). The van der Waals surface area contributed by atoms with Gasteiger partial charge in [0.25, 0.3) is 0 Å². The fourth-order valence-corrected chi connectivity index (χ4v) is 9.83. The minimum atomic E-state index is 0.00714. The van der Waals surface area contributed by atoms with Gasteiger partial charge in [-0.15, -0.1) is 0 Å². The van der Waals surface area contributed by atoms with Gasteiger partial charge >= 0.3 is 0 Å². The lowest BCUT2D eigenvalue weighted by atomic mass is 9.37. The minimum absolute atomic E-state index is 0.00714. The van der Waals surface area contributed by atoms with Gasteiger partial charge in [0.1, 0.15) is 0 Å². The zero-order valence-corrected chi connectivity index (χ0v) is 28.8. The molecular weight excluding hydrogens is 567 g/mol. The fraction of sp³-hybridized carbons (Fsp3) is 0.318. The van der Waals surface area contributed by atoms with E-state index in [2.05, 4.69) is 154 Å². The first kappa shape index (κ1) is 28.9. The van der Waals surface area contributed by atoms with Gasteiger partial charge in [0.15, 0.2) is 0 Å². The maximum atomic E-state index is 2.76. The molecule has 3 heterocycles. The number of benzene rings is 5. The van der Waals surface area contributed by atoms with E-state index >= 15 is 0 Å². The van der Waals surface area contributed by atoms with Crippen molar-refractivity contribution < 1.29 is 0 Å². The van der Waals surface area contributed by atoms with Gasteiger partial charge in [-0.05, 0) is 107 Å². The van der Waals surface area contributed by atoms with Crippen molar-refractivity contribution in [1.82, 2.24) is 0 Å². The molecule has 0 bridgehead atoms. The molecule has 0 radical (unpaired) electrons. The number of para-hydroxylation sites is 1. The van der Waals surface area contributed by atoms with Gasteiger partial charge in [0.2, 0.25) is 6.71 Å². The van der Waals surface area contributed by atoms with Crippen molar-refractivity contribution in [2.24, 2.45) is 0 Å².